The molecule has 0 saturated heterocycles. The molecule has 2 aromatic carbocycles. The highest BCUT2D eigenvalue weighted by molar-refractivity contribution is 5.84. The molecule has 0 aliphatic rings. The Morgan fingerprint density at radius 3 is 2.62 bits per heavy atom. The summed E-state index contributed by atoms with van der Waals surface area (Å²) in [4.78, 5) is 0. The zero-order valence-corrected chi connectivity index (χ0v) is 12.2. The number of ether oxygens (including phenoxy) is 1. The van der Waals surface area contributed by atoms with E-state index in [1.165, 1.54) is 16.3 Å². The topological polar surface area (TPSA) is 47.3 Å². The lowest BCUT2D eigenvalue weighted by molar-refractivity contribution is 0.388. The molecule has 0 radical (unpaired) electrons. The number of fused-ring (bicyclic) bond motifs is 1. The molecule has 0 unspecified atom stereocenters. The van der Waals surface area contributed by atoms with Crippen LogP contribution >= 0.6 is 0 Å². The van der Waals surface area contributed by atoms with Crippen LogP contribution in [0.4, 0.5) is 0 Å². The van der Waals surface area contributed by atoms with Crippen molar-refractivity contribution in [2.75, 3.05) is 7.11 Å². The van der Waals surface area contributed by atoms with Gasteiger partial charge in [0.1, 0.15) is 11.5 Å². The molecule has 0 aliphatic carbocycles. The molecule has 0 amide bonds. The molecule has 3 aromatic rings. The first-order valence-electron chi connectivity index (χ1n) is 6.94. The quantitative estimate of drug-likeness (QED) is 0.778. The number of hydrogen-bond donors (Lipinski definition) is 1. The van der Waals surface area contributed by atoms with Crippen molar-refractivity contribution >= 4 is 10.8 Å². The van der Waals surface area contributed by atoms with E-state index in [-0.39, 0.29) is 0 Å². The Labute approximate surface area is 123 Å². The molecule has 0 aliphatic heterocycles. The molecule has 0 spiro atoms. The summed E-state index contributed by atoms with van der Waals surface area (Å²) in [5.74, 6) is 1.72. The van der Waals surface area contributed by atoms with Gasteiger partial charge in [-0.15, -0.1) is 0 Å². The molecule has 3 rings (SSSR count). The number of benzene rings is 2. The normalized spacial score (nSPS) is 11.0. The number of nitrogens with zero attached hydrogens (tertiary/aromatic N) is 1. The van der Waals surface area contributed by atoms with E-state index >= 15 is 0 Å². The SMILES string of the molecule is COc1ccc2cc(CNCc3cc(C)on3)ccc2c1. The van der Waals surface area contributed by atoms with Gasteiger partial charge in [0.2, 0.25) is 0 Å². The van der Waals surface area contributed by atoms with E-state index in [9.17, 15) is 0 Å². The first-order chi connectivity index (χ1) is 10.2. The molecule has 0 bridgehead atoms. The van der Waals surface area contributed by atoms with Crippen LogP contribution in [0.25, 0.3) is 10.8 Å². The predicted octanol–water partition coefficient (Wildman–Crippen LogP) is 3.43. The summed E-state index contributed by atoms with van der Waals surface area (Å²) < 4.78 is 10.3. The maximum absolute atomic E-state index is 5.24. The van der Waals surface area contributed by atoms with Crippen molar-refractivity contribution in [3.63, 3.8) is 0 Å². The molecule has 1 N–H and O–H groups in total. The van der Waals surface area contributed by atoms with E-state index in [4.69, 9.17) is 9.26 Å². The fourth-order valence-electron chi connectivity index (χ4n) is 2.35. The fourth-order valence-corrected chi connectivity index (χ4v) is 2.35. The molecule has 4 heteroatoms. The molecule has 1 aromatic heterocycles. The summed E-state index contributed by atoms with van der Waals surface area (Å²) in [5.41, 5.74) is 2.17. The average molecular weight is 282 g/mol. The van der Waals surface area contributed by atoms with Crippen LogP contribution < -0.4 is 10.1 Å². The van der Waals surface area contributed by atoms with Crippen LogP contribution in [-0.2, 0) is 13.1 Å². The van der Waals surface area contributed by atoms with E-state index in [0.29, 0.717) is 6.54 Å². The van der Waals surface area contributed by atoms with Crippen LogP contribution in [0.15, 0.2) is 47.0 Å². The highest BCUT2D eigenvalue weighted by Gasteiger charge is 2.01. The second kappa shape index (κ2) is 5.97. The molecule has 108 valence electrons. The van der Waals surface area contributed by atoms with Gasteiger partial charge in [-0.1, -0.05) is 23.4 Å². The third-order valence-corrected chi connectivity index (χ3v) is 3.42. The number of methoxy groups -OCH3 is 1. The molecule has 1 heterocycles. The lowest BCUT2D eigenvalue weighted by Crippen LogP contribution is -2.12. The molecular weight excluding hydrogens is 264 g/mol. The lowest BCUT2D eigenvalue weighted by Gasteiger charge is -2.06. The molecule has 0 fully saturated rings. The molecule has 0 saturated carbocycles. The Kier molecular flexibility index (Phi) is 3.88. The van der Waals surface area contributed by atoms with Gasteiger partial charge >= 0.3 is 0 Å². The standard InChI is InChI=1S/C17H18N2O2/c1-12-7-16(19-21-12)11-18-10-13-3-4-15-9-17(20-2)6-5-14(15)8-13/h3-9,18H,10-11H2,1-2H3. The van der Waals surface area contributed by atoms with Gasteiger partial charge in [-0.25, -0.2) is 0 Å². The minimum absolute atomic E-state index is 0.706. The van der Waals surface area contributed by atoms with Gasteiger partial charge in [-0.3, -0.25) is 0 Å². The van der Waals surface area contributed by atoms with Gasteiger partial charge in [0, 0.05) is 19.2 Å². The van der Waals surface area contributed by atoms with Gasteiger partial charge < -0.3 is 14.6 Å². The molecule has 21 heavy (non-hydrogen) atoms. The highest BCUT2D eigenvalue weighted by atomic mass is 16.5. The summed E-state index contributed by atoms with van der Waals surface area (Å²) >= 11 is 0. The van der Waals surface area contributed by atoms with Gasteiger partial charge in [0.05, 0.1) is 12.8 Å². The Balaban J connectivity index is 1.67. The minimum Gasteiger partial charge on any atom is -0.497 e. The third-order valence-electron chi connectivity index (χ3n) is 3.42. The lowest BCUT2D eigenvalue weighted by atomic mass is 10.1. The van der Waals surface area contributed by atoms with Gasteiger partial charge in [-0.05, 0) is 41.5 Å². The summed E-state index contributed by atoms with van der Waals surface area (Å²) in [6.45, 7) is 3.40. The van der Waals surface area contributed by atoms with E-state index in [2.05, 4.69) is 34.7 Å². The number of nitrogens with one attached hydrogen (secondary N) is 1. The largest absolute Gasteiger partial charge is 0.497 e. The number of rotatable bonds is 5. The predicted molar refractivity (Wildman–Crippen MR) is 82.3 cm³/mol. The van der Waals surface area contributed by atoms with Crippen molar-refractivity contribution in [1.29, 1.82) is 0 Å². The average Bonchev–Trinajstić information content (AvgIpc) is 2.92. The monoisotopic (exact) mass is 282 g/mol. The zero-order valence-electron chi connectivity index (χ0n) is 12.2. The van der Waals surface area contributed by atoms with E-state index in [0.717, 1.165) is 23.7 Å². The van der Waals surface area contributed by atoms with Crippen molar-refractivity contribution in [1.82, 2.24) is 10.5 Å². The molecule has 4 nitrogen and oxygen atoms in total. The van der Waals surface area contributed by atoms with Crippen LogP contribution in [0.5, 0.6) is 5.75 Å². The first kappa shape index (κ1) is 13.6. The van der Waals surface area contributed by atoms with Crippen molar-refractivity contribution in [2.24, 2.45) is 0 Å². The summed E-state index contributed by atoms with van der Waals surface area (Å²) in [5, 5.41) is 9.74. The van der Waals surface area contributed by atoms with Gasteiger partial charge in [0.25, 0.3) is 0 Å². The summed E-state index contributed by atoms with van der Waals surface area (Å²) in [7, 11) is 1.69. The Morgan fingerprint density at radius 1 is 1.05 bits per heavy atom. The van der Waals surface area contributed by atoms with Crippen molar-refractivity contribution in [3.8, 4) is 5.75 Å². The second-order valence-corrected chi connectivity index (χ2v) is 5.08. The van der Waals surface area contributed by atoms with E-state index in [1.54, 1.807) is 7.11 Å². The van der Waals surface area contributed by atoms with Crippen molar-refractivity contribution in [2.45, 2.75) is 20.0 Å². The molecule has 0 atom stereocenters. The third kappa shape index (κ3) is 3.23. The first-order valence-corrected chi connectivity index (χ1v) is 6.94. The van der Waals surface area contributed by atoms with Crippen LogP contribution in [0.2, 0.25) is 0 Å². The summed E-state index contributed by atoms with van der Waals surface area (Å²) in [6, 6.07) is 14.5. The molecular formula is C17H18N2O2. The van der Waals surface area contributed by atoms with Crippen molar-refractivity contribution in [3.05, 3.63) is 59.5 Å². The maximum Gasteiger partial charge on any atom is 0.133 e. The van der Waals surface area contributed by atoms with Crippen LogP contribution in [0.1, 0.15) is 17.0 Å². The van der Waals surface area contributed by atoms with Crippen LogP contribution in [-0.4, -0.2) is 12.3 Å². The van der Waals surface area contributed by atoms with Crippen molar-refractivity contribution < 1.29 is 9.26 Å². The van der Waals surface area contributed by atoms with E-state index in [1.807, 2.05) is 25.1 Å². The fraction of sp³-hybridized carbons (Fsp3) is 0.235. The second-order valence-electron chi connectivity index (χ2n) is 5.08. The maximum atomic E-state index is 5.24. The number of hydrogen-bond acceptors (Lipinski definition) is 4. The zero-order chi connectivity index (χ0) is 14.7. The van der Waals surface area contributed by atoms with Crippen LogP contribution in [0, 0.1) is 6.92 Å². The smallest absolute Gasteiger partial charge is 0.133 e. The Hall–Kier alpha value is -2.33. The van der Waals surface area contributed by atoms with Gasteiger partial charge in [0.15, 0.2) is 0 Å². The Morgan fingerprint density at radius 2 is 1.86 bits per heavy atom. The number of aromatic nitrogens is 1. The number of aryl methyl sites for hydroxylation is 1. The Bertz CT molecular complexity index is 749. The minimum atomic E-state index is 0.706. The van der Waals surface area contributed by atoms with Gasteiger partial charge in [-0.2, -0.15) is 0 Å². The van der Waals surface area contributed by atoms with Crippen LogP contribution in [0.3, 0.4) is 0 Å². The van der Waals surface area contributed by atoms with E-state index < -0.39 is 0 Å². The highest BCUT2D eigenvalue weighted by Crippen LogP contribution is 2.21. The summed E-state index contributed by atoms with van der Waals surface area (Å²) in [6.07, 6.45) is 0.